The van der Waals surface area contributed by atoms with E-state index in [4.69, 9.17) is 4.74 Å². The number of carbonyl (C=O) groups excluding carboxylic acids is 2. The Kier molecular flexibility index (Phi) is 6.15. The highest BCUT2D eigenvalue weighted by Crippen LogP contribution is 2.44. The summed E-state index contributed by atoms with van der Waals surface area (Å²) in [5, 5.41) is 13.1. The number of amides is 1. The topological polar surface area (TPSA) is 66.8 Å². The minimum Gasteiger partial charge on any atom is -0.507 e. The van der Waals surface area contributed by atoms with Crippen LogP contribution in [0.1, 0.15) is 41.0 Å². The van der Waals surface area contributed by atoms with Crippen molar-refractivity contribution < 1.29 is 19.4 Å². The van der Waals surface area contributed by atoms with Crippen LogP contribution < -0.4 is 9.64 Å². The number of anilines is 1. The van der Waals surface area contributed by atoms with Gasteiger partial charge >= 0.3 is 0 Å². The third-order valence-electron chi connectivity index (χ3n) is 5.67. The van der Waals surface area contributed by atoms with Crippen molar-refractivity contribution in [1.82, 2.24) is 0 Å². The van der Waals surface area contributed by atoms with Gasteiger partial charge in [0, 0.05) is 16.1 Å². The van der Waals surface area contributed by atoms with E-state index in [-0.39, 0.29) is 11.3 Å². The van der Waals surface area contributed by atoms with Crippen LogP contribution in [-0.2, 0) is 9.59 Å². The fraction of sp³-hybridized carbons (Fsp3) is 0.231. The van der Waals surface area contributed by atoms with Crippen molar-refractivity contribution in [2.24, 2.45) is 0 Å². The average Bonchev–Trinajstić information content (AvgIpc) is 3.41. The van der Waals surface area contributed by atoms with E-state index in [9.17, 15) is 14.7 Å². The van der Waals surface area contributed by atoms with E-state index in [0.29, 0.717) is 23.6 Å². The lowest BCUT2D eigenvalue weighted by atomic mass is 9.99. The highest BCUT2D eigenvalue weighted by atomic mass is 32.1. The van der Waals surface area contributed by atoms with Crippen LogP contribution in [0.3, 0.4) is 0 Å². The number of ether oxygens (including phenoxy) is 1. The monoisotopic (exact) mass is 447 g/mol. The molecule has 1 N–H and O–H groups in total. The Morgan fingerprint density at radius 1 is 1.09 bits per heavy atom. The molecule has 0 spiro atoms. The Labute approximate surface area is 191 Å². The van der Waals surface area contributed by atoms with Crippen molar-refractivity contribution in [2.75, 3.05) is 11.5 Å². The summed E-state index contributed by atoms with van der Waals surface area (Å²) in [6.07, 6.45) is 0.857. The predicted octanol–water partition coefficient (Wildman–Crippen LogP) is 5.78. The SMILES string of the molecule is CCCOc1cccc(/C(O)=C2/C(=O)C(=O)N(c3cccc(C)c3C)C2c2cccs2)c1. The molecule has 0 radical (unpaired) electrons. The van der Waals surface area contributed by atoms with Crippen LogP contribution in [0, 0.1) is 13.8 Å². The third kappa shape index (κ3) is 3.82. The standard InChI is InChI=1S/C26H25NO4S/c1-4-13-31-19-10-6-9-18(15-19)24(28)22-23(21-12-7-14-32-21)27(26(30)25(22)29)20-11-5-8-16(2)17(20)3/h5-12,14-15,23,28H,4,13H2,1-3H3/b24-22-. The lowest BCUT2D eigenvalue weighted by molar-refractivity contribution is -0.132. The molecule has 1 aliphatic rings. The van der Waals surface area contributed by atoms with Gasteiger partial charge in [-0.3, -0.25) is 14.5 Å². The van der Waals surface area contributed by atoms with Crippen molar-refractivity contribution in [3.63, 3.8) is 0 Å². The van der Waals surface area contributed by atoms with Crippen LogP contribution in [0.5, 0.6) is 5.75 Å². The van der Waals surface area contributed by atoms with Crippen LogP contribution in [0.25, 0.3) is 5.76 Å². The molecular formula is C26H25NO4S. The first-order valence-electron chi connectivity index (χ1n) is 10.6. The molecule has 6 heteroatoms. The van der Waals surface area contributed by atoms with Crippen LogP contribution in [-0.4, -0.2) is 23.4 Å². The zero-order valence-electron chi connectivity index (χ0n) is 18.3. The number of aryl methyl sites for hydroxylation is 1. The minimum atomic E-state index is -0.698. The molecule has 4 rings (SSSR count). The number of carbonyl (C=O) groups is 2. The maximum atomic E-state index is 13.2. The van der Waals surface area contributed by atoms with Gasteiger partial charge in [-0.25, -0.2) is 0 Å². The molecule has 2 aromatic carbocycles. The highest BCUT2D eigenvalue weighted by molar-refractivity contribution is 7.10. The molecule has 164 valence electrons. The summed E-state index contributed by atoms with van der Waals surface area (Å²) in [7, 11) is 0. The normalized spacial score (nSPS) is 17.7. The van der Waals surface area contributed by atoms with Crippen molar-refractivity contribution in [1.29, 1.82) is 0 Å². The van der Waals surface area contributed by atoms with Crippen LogP contribution in [0.2, 0.25) is 0 Å². The van der Waals surface area contributed by atoms with Crippen LogP contribution in [0.4, 0.5) is 5.69 Å². The number of ketones is 1. The summed E-state index contributed by atoms with van der Waals surface area (Å²) in [4.78, 5) is 28.8. The number of rotatable bonds is 6. The highest BCUT2D eigenvalue weighted by Gasteiger charge is 2.47. The number of nitrogens with zero attached hydrogens (tertiary/aromatic N) is 1. The Balaban J connectivity index is 1.89. The summed E-state index contributed by atoms with van der Waals surface area (Å²) >= 11 is 1.45. The largest absolute Gasteiger partial charge is 0.507 e. The first-order valence-corrected chi connectivity index (χ1v) is 11.5. The van der Waals surface area contributed by atoms with Gasteiger partial charge in [-0.15, -0.1) is 11.3 Å². The Bertz CT molecular complexity index is 1200. The molecule has 3 aromatic rings. The van der Waals surface area contributed by atoms with Gasteiger partial charge in [0.25, 0.3) is 11.7 Å². The number of aliphatic hydroxyl groups excluding tert-OH is 1. The van der Waals surface area contributed by atoms with Gasteiger partial charge in [0.15, 0.2) is 0 Å². The number of benzene rings is 2. The van der Waals surface area contributed by atoms with Crippen molar-refractivity contribution >= 4 is 34.5 Å². The molecule has 32 heavy (non-hydrogen) atoms. The smallest absolute Gasteiger partial charge is 0.300 e. The van der Waals surface area contributed by atoms with E-state index in [2.05, 4.69) is 0 Å². The maximum absolute atomic E-state index is 13.2. The molecule has 2 heterocycles. The summed E-state index contributed by atoms with van der Waals surface area (Å²) in [6.45, 7) is 6.47. The van der Waals surface area contributed by atoms with Crippen molar-refractivity contribution in [3.8, 4) is 5.75 Å². The maximum Gasteiger partial charge on any atom is 0.300 e. The van der Waals surface area contributed by atoms with E-state index < -0.39 is 17.7 Å². The first kappa shape index (κ1) is 21.8. The van der Waals surface area contributed by atoms with Gasteiger partial charge in [-0.05, 0) is 61.0 Å². The second kappa shape index (κ2) is 9.01. The fourth-order valence-corrected chi connectivity index (χ4v) is 4.73. The van der Waals surface area contributed by atoms with Gasteiger partial charge in [-0.1, -0.05) is 37.3 Å². The van der Waals surface area contributed by atoms with Crippen molar-refractivity contribution in [2.45, 2.75) is 33.2 Å². The zero-order valence-corrected chi connectivity index (χ0v) is 19.1. The fourth-order valence-electron chi connectivity index (χ4n) is 3.90. The molecule has 1 aliphatic heterocycles. The molecule has 0 saturated carbocycles. The van der Waals surface area contributed by atoms with Crippen LogP contribution >= 0.6 is 11.3 Å². The van der Waals surface area contributed by atoms with E-state index >= 15 is 0 Å². The molecule has 1 amide bonds. The molecular weight excluding hydrogens is 422 g/mol. The number of aliphatic hydroxyl groups is 1. The number of hydrogen-bond donors (Lipinski definition) is 1. The Morgan fingerprint density at radius 2 is 1.88 bits per heavy atom. The Morgan fingerprint density at radius 3 is 2.59 bits per heavy atom. The van der Waals surface area contributed by atoms with Gasteiger partial charge < -0.3 is 9.84 Å². The van der Waals surface area contributed by atoms with Gasteiger partial charge in [0.05, 0.1) is 12.2 Å². The predicted molar refractivity (Wildman–Crippen MR) is 127 cm³/mol. The number of Topliss-reactive ketones (excluding diaryl/α,β-unsaturated/α-hetero) is 1. The zero-order chi connectivity index (χ0) is 22.8. The lowest BCUT2D eigenvalue weighted by Crippen LogP contribution is -2.29. The molecule has 1 fully saturated rings. The molecule has 1 saturated heterocycles. The minimum absolute atomic E-state index is 0.0889. The molecule has 1 atom stereocenters. The third-order valence-corrected chi connectivity index (χ3v) is 6.60. The molecule has 0 aliphatic carbocycles. The summed E-state index contributed by atoms with van der Waals surface area (Å²) in [5.74, 6) is -0.928. The summed E-state index contributed by atoms with van der Waals surface area (Å²) < 4.78 is 5.68. The first-order chi connectivity index (χ1) is 15.4. The number of thiophene rings is 1. The summed E-state index contributed by atoms with van der Waals surface area (Å²) in [5.41, 5.74) is 3.15. The van der Waals surface area contributed by atoms with Crippen LogP contribution in [0.15, 0.2) is 65.6 Å². The lowest BCUT2D eigenvalue weighted by Gasteiger charge is -2.26. The molecule has 5 nitrogen and oxygen atoms in total. The molecule has 1 unspecified atom stereocenters. The average molecular weight is 448 g/mol. The van der Waals surface area contributed by atoms with E-state index in [1.54, 1.807) is 24.3 Å². The van der Waals surface area contributed by atoms with Crippen molar-refractivity contribution in [3.05, 3.63) is 87.1 Å². The summed E-state index contributed by atoms with van der Waals surface area (Å²) in [6, 6.07) is 15.7. The van der Waals surface area contributed by atoms with Gasteiger partial charge in [-0.2, -0.15) is 0 Å². The molecule has 1 aromatic heterocycles. The number of hydrogen-bond acceptors (Lipinski definition) is 5. The van der Waals surface area contributed by atoms with E-state index in [0.717, 1.165) is 22.4 Å². The van der Waals surface area contributed by atoms with E-state index in [1.165, 1.54) is 16.2 Å². The second-order valence-corrected chi connectivity index (χ2v) is 8.76. The quantitative estimate of drug-likeness (QED) is 0.295. The van der Waals surface area contributed by atoms with Gasteiger partial charge in [0.1, 0.15) is 17.6 Å². The Hall–Kier alpha value is -3.38. The van der Waals surface area contributed by atoms with Gasteiger partial charge in [0.2, 0.25) is 0 Å². The second-order valence-electron chi connectivity index (χ2n) is 7.78. The van der Waals surface area contributed by atoms with E-state index in [1.807, 2.05) is 56.5 Å². The molecule has 0 bridgehead atoms.